The van der Waals surface area contributed by atoms with Crippen LogP contribution in [0.15, 0.2) is 48.7 Å². The molecule has 1 saturated heterocycles. The Bertz CT molecular complexity index is 1420. The Morgan fingerprint density at radius 3 is 2.83 bits per heavy atom. The van der Waals surface area contributed by atoms with Crippen molar-refractivity contribution in [2.75, 3.05) is 26.8 Å². The van der Waals surface area contributed by atoms with Gasteiger partial charge in [0, 0.05) is 71.9 Å². The number of aromatic nitrogens is 1. The number of ether oxygens (including phenoxy) is 1. The number of aliphatic hydroxyl groups is 2. The number of aliphatic hydroxyl groups excluding tert-OH is 1. The number of carbonyl (C=O) groups excluding carboxylic acids is 1. The molecule has 7 nitrogen and oxygen atoms in total. The molecule has 0 radical (unpaired) electrons. The van der Waals surface area contributed by atoms with Gasteiger partial charge in [0.2, 0.25) is 5.91 Å². The van der Waals surface area contributed by atoms with Gasteiger partial charge in [0.1, 0.15) is 5.60 Å². The van der Waals surface area contributed by atoms with E-state index in [-0.39, 0.29) is 17.9 Å². The molecule has 2 aromatic carbocycles. The summed E-state index contributed by atoms with van der Waals surface area (Å²) in [5.41, 5.74) is 8.83. The maximum atomic E-state index is 13.6. The predicted octanol–water partition coefficient (Wildman–Crippen LogP) is 4.53. The van der Waals surface area contributed by atoms with E-state index >= 15 is 0 Å². The Kier molecular flexibility index (Phi) is 7.38. The van der Waals surface area contributed by atoms with Crippen molar-refractivity contribution >= 4 is 28.4 Å². The molecule has 1 aliphatic heterocycles. The number of piperidine rings is 1. The fourth-order valence-electron chi connectivity index (χ4n) is 7.60. The van der Waals surface area contributed by atoms with E-state index in [4.69, 9.17) is 22.1 Å². The zero-order valence-electron chi connectivity index (χ0n) is 23.0. The van der Waals surface area contributed by atoms with Crippen molar-refractivity contribution in [2.24, 2.45) is 11.7 Å². The first-order chi connectivity index (χ1) is 19.3. The largest absolute Gasteiger partial charge is 0.391 e. The number of unbranched alkanes of at least 4 members (excludes halogenated alkanes) is 1. The van der Waals surface area contributed by atoms with E-state index in [1.54, 1.807) is 7.11 Å². The first-order valence-corrected chi connectivity index (χ1v) is 14.8. The predicted molar refractivity (Wildman–Crippen MR) is 156 cm³/mol. The van der Waals surface area contributed by atoms with Crippen LogP contribution in [0.1, 0.15) is 56.1 Å². The van der Waals surface area contributed by atoms with Gasteiger partial charge >= 0.3 is 0 Å². The number of nitrogens with zero attached hydrogens (tertiary/aromatic N) is 2. The molecule has 1 amide bonds. The summed E-state index contributed by atoms with van der Waals surface area (Å²) >= 11 is 6.89. The van der Waals surface area contributed by atoms with Crippen LogP contribution < -0.4 is 5.73 Å². The number of nitrogens with two attached hydrogens (primary N) is 1. The molecular formula is C32H38ClN3O4. The Morgan fingerprint density at radius 2 is 2.05 bits per heavy atom. The van der Waals surface area contributed by atoms with Gasteiger partial charge in [-0.1, -0.05) is 35.9 Å². The van der Waals surface area contributed by atoms with Gasteiger partial charge in [0.25, 0.3) is 0 Å². The van der Waals surface area contributed by atoms with Crippen LogP contribution >= 0.6 is 11.6 Å². The van der Waals surface area contributed by atoms with Crippen molar-refractivity contribution < 1.29 is 19.7 Å². The number of methoxy groups -OCH3 is 1. The molecule has 2 aliphatic carbocycles. The fourth-order valence-corrected chi connectivity index (χ4v) is 7.86. The summed E-state index contributed by atoms with van der Waals surface area (Å²) in [5.74, 6) is -0.242. The van der Waals surface area contributed by atoms with Crippen LogP contribution in [-0.4, -0.2) is 65.0 Å². The molecule has 5 atom stereocenters. The third-order valence-corrected chi connectivity index (χ3v) is 9.94. The monoisotopic (exact) mass is 563 g/mol. The standard InChI is InChI=1S/C32H38ClN3O4/c1-40-14-5-4-12-32(39)29-23(9-10-24(33)28(29)22-15-20-7-2-3-8-26(20)35-18-22)31(32)11-6-13-36(19-31)30(38)21-16-25(34)27(37)17-21/h2-3,7-10,15,18,21,25,27,37,39H,4-6,11-14,16-17,19,34H2,1H3/t21-,25+,27-,31+,32-/m0/s1. The van der Waals surface area contributed by atoms with E-state index in [2.05, 4.69) is 11.1 Å². The minimum atomic E-state index is -1.16. The third-order valence-electron chi connectivity index (χ3n) is 9.62. The first-order valence-electron chi connectivity index (χ1n) is 14.4. The van der Waals surface area contributed by atoms with E-state index in [1.165, 1.54) is 0 Å². The van der Waals surface area contributed by atoms with Crippen LogP contribution in [0.5, 0.6) is 0 Å². The summed E-state index contributed by atoms with van der Waals surface area (Å²) in [6, 6.07) is 13.7. The van der Waals surface area contributed by atoms with E-state index in [9.17, 15) is 15.0 Å². The average molecular weight is 564 g/mol. The molecule has 4 N–H and O–H groups in total. The molecule has 0 bridgehead atoms. The number of para-hydroxylation sites is 1. The summed E-state index contributed by atoms with van der Waals surface area (Å²) in [6.07, 6.45) is 5.83. The van der Waals surface area contributed by atoms with E-state index in [0.29, 0.717) is 44.0 Å². The molecule has 212 valence electrons. The quantitative estimate of drug-likeness (QED) is 0.364. The number of rotatable bonds is 7. The highest BCUT2D eigenvalue weighted by molar-refractivity contribution is 6.33. The molecule has 2 fully saturated rings. The van der Waals surface area contributed by atoms with Gasteiger partial charge in [-0.2, -0.15) is 0 Å². The minimum Gasteiger partial charge on any atom is -0.391 e. The van der Waals surface area contributed by atoms with E-state index < -0.39 is 17.1 Å². The molecule has 6 rings (SSSR count). The minimum absolute atomic E-state index is 0.0363. The Labute approximate surface area is 240 Å². The zero-order valence-corrected chi connectivity index (χ0v) is 23.7. The number of likely N-dealkylation sites (tertiary alicyclic amines) is 1. The molecule has 1 aromatic heterocycles. The number of pyridine rings is 1. The molecule has 0 unspecified atom stereocenters. The molecule has 3 aromatic rings. The second-order valence-electron chi connectivity index (χ2n) is 11.9. The molecule has 40 heavy (non-hydrogen) atoms. The lowest BCUT2D eigenvalue weighted by atomic mass is 9.47. The number of carbonyl (C=O) groups is 1. The van der Waals surface area contributed by atoms with Gasteiger partial charge in [-0.15, -0.1) is 0 Å². The molecule has 8 heteroatoms. The van der Waals surface area contributed by atoms with Crippen LogP contribution in [-0.2, 0) is 20.5 Å². The number of fused-ring (bicyclic) bond motifs is 3. The first kappa shape index (κ1) is 27.6. The number of halogens is 1. The third kappa shape index (κ3) is 4.34. The maximum absolute atomic E-state index is 13.6. The van der Waals surface area contributed by atoms with Crippen LogP contribution in [0.4, 0.5) is 0 Å². The SMILES string of the molecule is COCCCC[C@]1(O)c2c(ccc(Cl)c2-c2cnc3ccccc3c2)[C@]12CCCN(C(=O)[C@H]1C[C@@H](N)[C@@H](O)C1)C2. The maximum Gasteiger partial charge on any atom is 0.225 e. The molecule has 3 aliphatic rings. The molecule has 2 heterocycles. The van der Waals surface area contributed by atoms with Gasteiger partial charge in [-0.25, -0.2) is 0 Å². The van der Waals surface area contributed by atoms with Gasteiger partial charge in [-0.3, -0.25) is 9.78 Å². The lowest BCUT2D eigenvalue weighted by Gasteiger charge is -2.62. The average Bonchev–Trinajstić information content (AvgIpc) is 3.32. The van der Waals surface area contributed by atoms with Crippen molar-refractivity contribution in [3.05, 3.63) is 64.8 Å². The number of hydrogen-bond acceptors (Lipinski definition) is 6. The van der Waals surface area contributed by atoms with Gasteiger partial charge in [0.15, 0.2) is 0 Å². The number of benzene rings is 2. The van der Waals surface area contributed by atoms with Crippen molar-refractivity contribution in [3.8, 4) is 11.1 Å². The lowest BCUT2D eigenvalue weighted by Crippen LogP contribution is -2.66. The normalized spacial score (nSPS) is 29.5. The van der Waals surface area contributed by atoms with Crippen LogP contribution in [0.2, 0.25) is 5.02 Å². The zero-order chi connectivity index (χ0) is 28.1. The molecule has 1 spiro atoms. The topological polar surface area (TPSA) is 109 Å². The van der Waals surface area contributed by atoms with Crippen molar-refractivity contribution in [3.63, 3.8) is 0 Å². The van der Waals surface area contributed by atoms with Crippen LogP contribution in [0, 0.1) is 5.92 Å². The van der Waals surface area contributed by atoms with Crippen molar-refractivity contribution in [1.29, 1.82) is 0 Å². The smallest absolute Gasteiger partial charge is 0.225 e. The van der Waals surface area contributed by atoms with Crippen LogP contribution in [0.3, 0.4) is 0 Å². The van der Waals surface area contributed by atoms with E-state index in [1.807, 2.05) is 47.5 Å². The molecular weight excluding hydrogens is 526 g/mol. The summed E-state index contributed by atoms with van der Waals surface area (Å²) < 4.78 is 5.30. The second-order valence-corrected chi connectivity index (χ2v) is 12.3. The molecule has 1 saturated carbocycles. The van der Waals surface area contributed by atoms with Gasteiger partial charge in [-0.05, 0) is 74.3 Å². The summed E-state index contributed by atoms with van der Waals surface area (Å²) in [5, 5.41) is 24.5. The number of hydrogen-bond donors (Lipinski definition) is 3. The van der Waals surface area contributed by atoms with Crippen molar-refractivity contribution in [1.82, 2.24) is 9.88 Å². The second kappa shape index (κ2) is 10.7. The van der Waals surface area contributed by atoms with E-state index in [0.717, 1.165) is 58.8 Å². The fraction of sp³-hybridized carbons (Fsp3) is 0.500. The van der Waals surface area contributed by atoms with Crippen LogP contribution in [0.25, 0.3) is 22.0 Å². The highest BCUT2D eigenvalue weighted by Crippen LogP contribution is 2.64. The Hall–Kier alpha value is -2.55. The van der Waals surface area contributed by atoms with Gasteiger partial charge < -0.3 is 25.6 Å². The van der Waals surface area contributed by atoms with Gasteiger partial charge in [0.05, 0.1) is 11.6 Å². The number of amides is 1. The highest BCUT2D eigenvalue weighted by Gasteiger charge is 2.64. The Balaban J connectivity index is 1.41. The van der Waals surface area contributed by atoms with Crippen molar-refractivity contribution in [2.45, 2.75) is 68.1 Å². The summed E-state index contributed by atoms with van der Waals surface area (Å²) in [4.78, 5) is 20.2. The lowest BCUT2D eigenvalue weighted by molar-refractivity contribution is -0.149. The summed E-state index contributed by atoms with van der Waals surface area (Å²) in [6.45, 7) is 1.72. The summed E-state index contributed by atoms with van der Waals surface area (Å²) in [7, 11) is 1.69. The Morgan fingerprint density at radius 1 is 1.23 bits per heavy atom. The highest BCUT2D eigenvalue weighted by atomic mass is 35.5.